The van der Waals surface area contributed by atoms with Crippen molar-refractivity contribution in [2.24, 2.45) is 5.92 Å². The summed E-state index contributed by atoms with van der Waals surface area (Å²) in [5.74, 6) is -0.847. The molecule has 0 spiro atoms. The minimum absolute atomic E-state index is 0.104. The highest BCUT2D eigenvalue weighted by atomic mass is 79.9. The van der Waals surface area contributed by atoms with Gasteiger partial charge in [-0.05, 0) is 72.5 Å². The molecule has 1 aliphatic rings. The van der Waals surface area contributed by atoms with E-state index in [1.54, 1.807) is 41.3 Å². The highest BCUT2D eigenvalue weighted by Crippen LogP contribution is 2.49. The number of benzene rings is 4. The molecule has 0 aliphatic carbocycles. The number of hydrogen-bond acceptors (Lipinski definition) is 6. The van der Waals surface area contributed by atoms with Gasteiger partial charge >= 0.3 is 11.9 Å². The van der Waals surface area contributed by atoms with Crippen molar-refractivity contribution >= 4 is 39.5 Å². The van der Waals surface area contributed by atoms with E-state index in [1.807, 2.05) is 48.5 Å². The molecule has 1 saturated heterocycles. The Kier molecular flexibility index (Phi) is 9.75. The maximum Gasteiger partial charge on any atom is 0.308 e. The van der Waals surface area contributed by atoms with Crippen LogP contribution in [0.4, 0.5) is 10.1 Å². The SMILES string of the molecule is CC(=O)Oc1ccc(N2C(=O)[C@H](CC[C@H](OC(C)=O)c3ccc(F)cc3)[C@H]2c2ccc(Br)cc2OCc2ccccc2)cc1. The van der Waals surface area contributed by atoms with Gasteiger partial charge in [-0.1, -0.05) is 64.5 Å². The highest BCUT2D eigenvalue weighted by Gasteiger charge is 2.49. The predicted molar refractivity (Wildman–Crippen MR) is 167 cm³/mol. The topological polar surface area (TPSA) is 82.1 Å². The van der Waals surface area contributed by atoms with E-state index < -0.39 is 35.8 Å². The largest absolute Gasteiger partial charge is 0.489 e. The van der Waals surface area contributed by atoms with Crippen molar-refractivity contribution in [2.75, 3.05) is 4.90 Å². The third-order valence-electron chi connectivity index (χ3n) is 7.41. The first-order valence-electron chi connectivity index (χ1n) is 14.2. The minimum atomic E-state index is -0.641. The zero-order chi connectivity index (χ0) is 31.2. The lowest BCUT2D eigenvalue weighted by molar-refractivity contribution is -0.147. The van der Waals surface area contributed by atoms with E-state index >= 15 is 0 Å². The second-order valence-electron chi connectivity index (χ2n) is 10.5. The monoisotopic (exact) mass is 659 g/mol. The van der Waals surface area contributed by atoms with Crippen molar-refractivity contribution in [3.8, 4) is 11.5 Å². The zero-order valence-corrected chi connectivity index (χ0v) is 25.8. The number of carbonyl (C=O) groups excluding carboxylic acids is 3. The summed E-state index contributed by atoms with van der Waals surface area (Å²) in [6, 6.07) is 27.7. The number of rotatable bonds is 11. The molecule has 0 unspecified atom stereocenters. The summed E-state index contributed by atoms with van der Waals surface area (Å²) in [7, 11) is 0. The van der Waals surface area contributed by atoms with E-state index in [4.69, 9.17) is 14.2 Å². The van der Waals surface area contributed by atoms with E-state index in [2.05, 4.69) is 15.9 Å². The molecule has 4 aromatic rings. The molecule has 4 aromatic carbocycles. The van der Waals surface area contributed by atoms with Crippen LogP contribution in [0.15, 0.2) is 102 Å². The maximum absolute atomic E-state index is 13.8. The zero-order valence-electron chi connectivity index (χ0n) is 24.2. The van der Waals surface area contributed by atoms with E-state index in [0.29, 0.717) is 42.2 Å². The van der Waals surface area contributed by atoms with E-state index in [0.717, 1.165) is 15.6 Å². The van der Waals surface area contributed by atoms with Crippen molar-refractivity contribution in [2.45, 2.75) is 45.4 Å². The van der Waals surface area contributed by atoms with Crippen LogP contribution >= 0.6 is 15.9 Å². The van der Waals surface area contributed by atoms with Gasteiger partial charge in [-0.15, -0.1) is 0 Å². The van der Waals surface area contributed by atoms with Gasteiger partial charge in [-0.3, -0.25) is 14.4 Å². The third-order valence-corrected chi connectivity index (χ3v) is 7.90. The molecule has 7 nitrogen and oxygen atoms in total. The first kappa shape index (κ1) is 30.9. The molecule has 0 N–H and O–H groups in total. The Morgan fingerprint density at radius 2 is 1.61 bits per heavy atom. The van der Waals surface area contributed by atoms with Gasteiger partial charge in [0.25, 0.3) is 0 Å². The van der Waals surface area contributed by atoms with Gasteiger partial charge in [0.05, 0.1) is 12.0 Å². The van der Waals surface area contributed by atoms with Crippen molar-refractivity contribution in [3.05, 3.63) is 124 Å². The molecule has 0 bridgehead atoms. The molecule has 3 atom stereocenters. The molecule has 1 heterocycles. The van der Waals surface area contributed by atoms with Gasteiger partial charge in [-0.2, -0.15) is 0 Å². The normalized spacial score (nSPS) is 16.5. The molecule has 0 aromatic heterocycles. The van der Waals surface area contributed by atoms with E-state index in [9.17, 15) is 18.8 Å². The molecule has 1 fully saturated rings. The smallest absolute Gasteiger partial charge is 0.308 e. The number of ether oxygens (including phenoxy) is 3. The van der Waals surface area contributed by atoms with E-state index in [1.165, 1.54) is 26.0 Å². The summed E-state index contributed by atoms with van der Waals surface area (Å²) in [6.07, 6.45) is 0.112. The number of nitrogens with zero attached hydrogens (tertiary/aromatic N) is 1. The van der Waals surface area contributed by atoms with Gasteiger partial charge < -0.3 is 19.1 Å². The number of halogens is 2. The molecule has 9 heteroatoms. The number of amides is 1. The van der Waals surface area contributed by atoms with Gasteiger partial charge in [0.2, 0.25) is 5.91 Å². The summed E-state index contributed by atoms with van der Waals surface area (Å²) >= 11 is 3.55. The quantitative estimate of drug-likeness (QED) is 0.0925. The van der Waals surface area contributed by atoms with Gasteiger partial charge in [0.1, 0.15) is 30.0 Å². The Hall–Kier alpha value is -4.50. The van der Waals surface area contributed by atoms with Crippen molar-refractivity contribution in [1.82, 2.24) is 0 Å². The maximum atomic E-state index is 13.8. The average Bonchev–Trinajstić information content (AvgIpc) is 3.00. The van der Waals surface area contributed by atoms with Crippen LogP contribution in [0.2, 0.25) is 0 Å². The summed E-state index contributed by atoms with van der Waals surface area (Å²) in [4.78, 5) is 38.9. The number of esters is 2. The predicted octanol–water partition coefficient (Wildman–Crippen LogP) is 7.88. The summed E-state index contributed by atoms with van der Waals surface area (Å²) in [6.45, 7) is 2.99. The van der Waals surface area contributed by atoms with Crippen LogP contribution in [0.5, 0.6) is 11.5 Å². The lowest BCUT2D eigenvalue weighted by Gasteiger charge is -2.48. The fraction of sp³-hybridized carbons (Fsp3) is 0.229. The lowest BCUT2D eigenvalue weighted by atomic mass is 9.78. The second kappa shape index (κ2) is 13.9. The minimum Gasteiger partial charge on any atom is -0.489 e. The Bertz CT molecular complexity index is 1630. The molecular formula is C35H31BrFNO6. The molecular weight excluding hydrogens is 629 g/mol. The number of carbonyl (C=O) groups is 3. The Labute approximate surface area is 263 Å². The first-order valence-corrected chi connectivity index (χ1v) is 15.0. The Morgan fingerprint density at radius 1 is 0.909 bits per heavy atom. The summed E-state index contributed by atoms with van der Waals surface area (Å²) in [5, 5.41) is 0. The van der Waals surface area contributed by atoms with Crippen molar-refractivity contribution in [3.63, 3.8) is 0 Å². The fourth-order valence-electron chi connectivity index (χ4n) is 5.43. The third kappa shape index (κ3) is 7.34. The number of β-lactam (4-membered cyclic amide) rings is 1. The first-order chi connectivity index (χ1) is 21.2. The molecule has 226 valence electrons. The van der Waals surface area contributed by atoms with Crippen LogP contribution in [-0.2, 0) is 25.7 Å². The van der Waals surface area contributed by atoms with Crippen LogP contribution in [-0.4, -0.2) is 17.8 Å². The number of hydrogen-bond donors (Lipinski definition) is 0. The van der Waals surface area contributed by atoms with Gasteiger partial charge in [-0.25, -0.2) is 4.39 Å². The van der Waals surface area contributed by atoms with Crippen LogP contribution in [0.3, 0.4) is 0 Å². The molecule has 44 heavy (non-hydrogen) atoms. The summed E-state index contributed by atoms with van der Waals surface area (Å²) < 4.78 is 31.5. The fourth-order valence-corrected chi connectivity index (χ4v) is 5.77. The molecule has 1 aliphatic heterocycles. The number of anilines is 1. The molecule has 0 saturated carbocycles. The Morgan fingerprint density at radius 3 is 2.27 bits per heavy atom. The van der Waals surface area contributed by atoms with Crippen LogP contribution in [0, 0.1) is 11.7 Å². The van der Waals surface area contributed by atoms with Gasteiger partial charge in [0.15, 0.2) is 0 Å². The Balaban J connectivity index is 1.46. The van der Waals surface area contributed by atoms with Gasteiger partial charge in [0, 0.05) is 29.6 Å². The second-order valence-corrected chi connectivity index (χ2v) is 11.4. The van der Waals surface area contributed by atoms with Crippen molar-refractivity contribution in [1.29, 1.82) is 0 Å². The standard InChI is InChI=1S/C35H31BrFNO6/c1-22(39)43-29-15-13-28(14-16-29)38-34(30-17-10-26(36)20-33(30)42-21-24-6-4-3-5-7-24)31(35(38)41)18-19-32(44-23(2)40)25-8-11-27(37)12-9-25/h3-17,20,31-32,34H,18-19,21H2,1-2H3/t31-,32+,34-/m1/s1. The average molecular weight is 661 g/mol. The molecule has 0 radical (unpaired) electrons. The van der Waals surface area contributed by atoms with Crippen LogP contribution < -0.4 is 14.4 Å². The van der Waals surface area contributed by atoms with Crippen LogP contribution in [0.25, 0.3) is 0 Å². The highest BCUT2D eigenvalue weighted by molar-refractivity contribution is 9.10. The van der Waals surface area contributed by atoms with E-state index in [-0.39, 0.29) is 5.91 Å². The summed E-state index contributed by atoms with van der Waals surface area (Å²) in [5.41, 5.74) is 3.11. The van der Waals surface area contributed by atoms with Crippen LogP contribution in [0.1, 0.15) is 55.5 Å². The van der Waals surface area contributed by atoms with Crippen molar-refractivity contribution < 1.29 is 33.0 Å². The molecule has 1 amide bonds. The molecule has 5 rings (SSSR count). The lowest BCUT2D eigenvalue weighted by Crippen LogP contribution is -2.55.